The minimum absolute atomic E-state index is 0.168. The quantitative estimate of drug-likeness (QED) is 0.0909. The van der Waals surface area contributed by atoms with Crippen LogP contribution in [0.15, 0.2) is 54.6 Å². The van der Waals surface area contributed by atoms with Crippen molar-refractivity contribution >= 4 is 5.97 Å². The van der Waals surface area contributed by atoms with Gasteiger partial charge in [0.05, 0.1) is 26.6 Å². The molecule has 0 aromatic heterocycles. The molecule has 0 aliphatic rings. The van der Waals surface area contributed by atoms with E-state index in [0.29, 0.717) is 0 Å². The number of benzene rings is 2. The van der Waals surface area contributed by atoms with Gasteiger partial charge in [-0.25, -0.2) is 0 Å². The van der Waals surface area contributed by atoms with Crippen LogP contribution in [0.2, 0.25) is 0 Å². The van der Waals surface area contributed by atoms with Gasteiger partial charge in [0.2, 0.25) is 6.29 Å². The fraction of sp³-hybridized carbons (Fsp3) is 0.594. The van der Waals surface area contributed by atoms with Gasteiger partial charge in [0.25, 0.3) is 0 Å². The van der Waals surface area contributed by atoms with E-state index < -0.39 is 6.29 Å². The highest BCUT2D eigenvalue weighted by molar-refractivity contribution is 5.72. The molecule has 0 heterocycles. The van der Waals surface area contributed by atoms with Crippen LogP contribution in [0.5, 0.6) is 5.75 Å². The fourth-order valence-electron chi connectivity index (χ4n) is 4.51. The number of carbonyl (C=O) groups excluding carboxylic acids is 1. The van der Waals surface area contributed by atoms with E-state index in [1.807, 2.05) is 25.1 Å². The minimum atomic E-state index is -0.606. The van der Waals surface area contributed by atoms with Crippen LogP contribution in [0.3, 0.4) is 0 Å². The first-order valence-electron chi connectivity index (χ1n) is 14.1. The van der Waals surface area contributed by atoms with Gasteiger partial charge in [-0.1, -0.05) is 101 Å². The second-order valence-electron chi connectivity index (χ2n) is 11.0. The molecule has 0 spiro atoms. The summed E-state index contributed by atoms with van der Waals surface area (Å²) in [6.07, 6.45) is 12.0. The monoisotopic (exact) mass is 496 g/mol. The molecule has 200 valence electrons. The van der Waals surface area contributed by atoms with E-state index in [9.17, 15) is 4.79 Å². The summed E-state index contributed by atoms with van der Waals surface area (Å²) in [4.78, 5) is 12.6. The van der Waals surface area contributed by atoms with Crippen LogP contribution in [-0.2, 0) is 22.5 Å². The predicted molar refractivity (Wildman–Crippen MR) is 150 cm³/mol. The molecule has 0 amide bonds. The van der Waals surface area contributed by atoms with Crippen molar-refractivity contribution in [1.82, 2.24) is 0 Å². The van der Waals surface area contributed by atoms with Gasteiger partial charge in [0.15, 0.2) is 0 Å². The molecule has 2 atom stereocenters. The van der Waals surface area contributed by atoms with Gasteiger partial charge in [-0.2, -0.15) is 0 Å². The third-order valence-electron chi connectivity index (χ3n) is 6.85. The first-order chi connectivity index (χ1) is 17.3. The number of unbranched alkanes of at least 4 members (excludes halogenated alkanes) is 7. The molecule has 0 aliphatic carbocycles. The lowest BCUT2D eigenvalue weighted by Gasteiger charge is -2.31. The molecule has 0 fully saturated rings. The molecule has 4 nitrogen and oxygen atoms in total. The van der Waals surface area contributed by atoms with Crippen molar-refractivity contribution in [3.8, 4) is 5.75 Å². The van der Waals surface area contributed by atoms with Crippen LogP contribution in [0.4, 0.5) is 0 Å². The zero-order valence-electron chi connectivity index (χ0n) is 23.5. The minimum Gasteiger partial charge on any atom is -0.455 e. The van der Waals surface area contributed by atoms with E-state index >= 15 is 0 Å². The van der Waals surface area contributed by atoms with Crippen LogP contribution in [0.1, 0.15) is 89.7 Å². The summed E-state index contributed by atoms with van der Waals surface area (Å²) in [5, 5.41) is 0. The Kier molecular flexibility index (Phi) is 13.6. The number of quaternary nitrogens is 1. The predicted octanol–water partition coefficient (Wildman–Crippen LogP) is 7.94. The van der Waals surface area contributed by atoms with Crippen molar-refractivity contribution in [2.24, 2.45) is 5.92 Å². The number of rotatable bonds is 18. The molecule has 0 saturated heterocycles. The SMILES string of the molecule is CCCCCCCCCCc1ccc(OC(C)OC(=O)C(C)CC[N+](C)(C)Cc2ccccc2)cc1. The summed E-state index contributed by atoms with van der Waals surface area (Å²) >= 11 is 0. The van der Waals surface area contributed by atoms with Crippen molar-refractivity contribution in [3.05, 3.63) is 65.7 Å². The Morgan fingerprint density at radius 2 is 1.42 bits per heavy atom. The largest absolute Gasteiger partial charge is 0.455 e. The van der Waals surface area contributed by atoms with Crippen molar-refractivity contribution in [2.75, 3.05) is 20.6 Å². The highest BCUT2D eigenvalue weighted by Gasteiger charge is 2.23. The highest BCUT2D eigenvalue weighted by Crippen LogP contribution is 2.18. The maximum Gasteiger partial charge on any atom is 0.311 e. The molecule has 36 heavy (non-hydrogen) atoms. The Morgan fingerprint density at radius 3 is 2.06 bits per heavy atom. The Labute approximate surface area is 220 Å². The summed E-state index contributed by atoms with van der Waals surface area (Å²) in [6.45, 7) is 7.84. The maximum absolute atomic E-state index is 12.6. The summed E-state index contributed by atoms with van der Waals surface area (Å²) in [5.41, 5.74) is 2.64. The summed E-state index contributed by atoms with van der Waals surface area (Å²) in [6, 6.07) is 18.7. The van der Waals surface area contributed by atoms with Gasteiger partial charge >= 0.3 is 5.97 Å². The fourth-order valence-corrected chi connectivity index (χ4v) is 4.51. The number of esters is 1. The normalized spacial score (nSPS) is 13.2. The lowest BCUT2D eigenvalue weighted by Crippen LogP contribution is -2.41. The van der Waals surface area contributed by atoms with Crippen LogP contribution in [0, 0.1) is 5.92 Å². The number of hydrogen-bond donors (Lipinski definition) is 0. The molecular formula is C32H50NO3+. The molecule has 2 unspecified atom stereocenters. The van der Waals surface area contributed by atoms with E-state index in [-0.39, 0.29) is 11.9 Å². The first kappa shape index (κ1) is 29.9. The van der Waals surface area contributed by atoms with E-state index in [1.165, 1.54) is 62.5 Å². The van der Waals surface area contributed by atoms with Crippen molar-refractivity contribution in [2.45, 2.75) is 97.8 Å². The second kappa shape index (κ2) is 16.4. The molecule has 0 bridgehead atoms. The van der Waals surface area contributed by atoms with Gasteiger partial charge in [-0.15, -0.1) is 0 Å². The van der Waals surface area contributed by atoms with Gasteiger partial charge in [0.1, 0.15) is 12.3 Å². The molecule has 4 heteroatoms. The van der Waals surface area contributed by atoms with Gasteiger partial charge in [-0.3, -0.25) is 4.79 Å². The zero-order chi connectivity index (χ0) is 26.2. The lowest BCUT2D eigenvalue weighted by molar-refractivity contribution is -0.904. The summed E-state index contributed by atoms with van der Waals surface area (Å²) in [5.74, 6) is 0.370. The van der Waals surface area contributed by atoms with Gasteiger partial charge < -0.3 is 14.0 Å². The van der Waals surface area contributed by atoms with Crippen LogP contribution >= 0.6 is 0 Å². The number of ether oxygens (including phenoxy) is 2. The number of carbonyl (C=O) groups is 1. The van der Waals surface area contributed by atoms with Crippen LogP contribution < -0.4 is 4.74 Å². The molecule has 0 aliphatic heterocycles. The molecular weight excluding hydrogens is 446 g/mol. The molecule has 0 radical (unpaired) electrons. The average Bonchev–Trinajstić information content (AvgIpc) is 2.85. The van der Waals surface area contributed by atoms with E-state index in [1.54, 1.807) is 6.92 Å². The maximum atomic E-state index is 12.6. The third-order valence-corrected chi connectivity index (χ3v) is 6.85. The summed E-state index contributed by atoms with van der Waals surface area (Å²) < 4.78 is 12.3. The highest BCUT2D eigenvalue weighted by atomic mass is 16.7. The topological polar surface area (TPSA) is 35.5 Å². The van der Waals surface area contributed by atoms with Crippen LogP contribution in [0.25, 0.3) is 0 Å². The van der Waals surface area contributed by atoms with E-state index in [4.69, 9.17) is 9.47 Å². The molecule has 2 aromatic carbocycles. The molecule has 0 saturated carbocycles. The number of nitrogens with zero attached hydrogens (tertiary/aromatic N) is 1. The smallest absolute Gasteiger partial charge is 0.311 e. The lowest BCUT2D eigenvalue weighted by atomic mass is 10.0. The van der Waals surface area contributed by atoms with Gasteiger partial charge in [0, 0.05) is 18.9 Å². The Hall–Kier alpha value is -2.33. The Morgan fingerprint density at radius 1 is 0.806 bits per heavy atom. The standard InChI is InChI=1S/C32H50NO3/c1-6-7-8-9-10-11-12-14-17-29-20-22-31(23-21-29)35-28(3)36-32(34)27(2)24-25-33(4,5)26-30-18-15-13-16-19-30/h13,15-16,18-23,27-28H,6-12,14,17,24-26H2,1-5H3/q+1. The summed E-state index contributed by atoms with van der Waals surface area (Å²) in [7, 11) is 4.41. The number of aryl methyl sites for hydroxylation is 1. The number of hydrogen-bond acceptors (Lipinski definition) is 3. The molecule has 0 N–H and O–H groups in total. The molecule has 2 aromatic rings. The van der Waals surface area contributed by atoms with E-state index in [0.717, 1.165) is 36.2 Å². The Balaban J connectivity index is 1.65. The van der Waals surface area contributed by atoms with Crippen molar-refractivity contribution < 1.29 is 18.8 Å². The van der Waals surface area contributed by atoms with Crippen molar-refractivity contribution in [3.63, 3.8) is 0 Å². The zero-order valence-corrected chi connectivity index (χ0v) is 23.5. The van der Waals surface area contributed by atoms with Crippen molar-refractivity contribution in [1.29, 1.82) is 0 Å². The van der Waals surface area contributed by atoms with Crippen LogP contribution in [-0.4, -0.2) is 37.4 Å². The second-order valence-corrected chi connectivity index (χ2v) is 11.0. The molecule has 2 rings (SSSR count). The van der Waals surface area contributed by atoms with Gasteiger partial charge in [-0.05, 0) is 30.5 Å². The third kappa shape index (κ3) is 12.6. The Bertz CT molecular complexity index is 847. The van der Waals surface area contributed by atoms with E-state index in [2.05, 4.69) is 57.4 Å². The average molecular weight is 497 g/mol. The first-order valence-corrected chi connectivity index (χ1v) is 14.1.